The summed E-state index contributed by atoms with van der Waals surface area (Å²) in [5, 5.41) is 9.18. The van der Waals surface area contributed by atoms with Crippen LogP contribution >= 0.6 is 0 Å². The van der Waals surface area contributed by atoms with E-state index in [1.165, 1.54) is 12.1 Å². The van der Waals surface area contributed by atoms with Crippen LogP contribution in [-0.4, -0.2) is 10.9 Å². The van der Waals surface area contributed by atoms with E-state index in [2.05, 4.69) is 6.92 Å². The van der Waals surface area contributed by atoms with Crippen molar-refractivity contribution >= 4 is 11.4 Å². The molecular formula is C15H17FO2. The molecule has 1 N–H and O–H groups in total. The SMILES string of the molecule is CCCCC1=C(c2ccc(O)c(F)c2)C(=O)CC1. The van der Waals surface area contributed by atoms with E-state index in [0.29, 0.717) is 17.6 Å². The van der Waals surface area contributed by atoms with Crippen LogP contribution in [0.5, 0.6) is 5.75 Å². The molecule has 2 rings (SSSR count). The van der Waals surface area contributed by atoms with Gasteiger partial charge in [0.1, 0.15) is 0 Å². The highest BCUT2D eigenvalue weighted by Crippen LogP contribution is 2.35. The zero-order chi connectivity index (χ0) is 13.1. The molecule has 0 atom stereocenters. The average Bonchev–Trinajstić information content (AvgIpc) is 2.71. The van der Waals surface area contributed by atoms with Gasteiger partial charge in [-0.25, -0.2) is 4.39 Å². The van der Waals surface area contributed by atoms with Gasteiger partial charge in [-0.05, 0) is 37.0 Å². The van der Waals surface area contributed by atoms with Crippen LogP contribution in [-0.2, 0) is 4.79 Å². The number of allylic oxidation sites excluding steroid dienone is 2. The van der Waals surface area contributed by atoms with Gasteiger partial charge >= 0.3 is 0 Å². The highest BCUT2D eigenvalue weighted by Gasteiger charge is 2.24. The van der Waals surface area contributed by atoms with Crippen molar-refractivity contribution in [3.8, 4) is 5.75 Å². The summed E-state index contributed by atoms with van der Waals surface area (Å²) in [5.74, 6) is -0.958. The molecule has 1 aromatic rings. The molecular weight excluding hydrogens is 231 g/mol. The van der Waals surface area contributed by atoms with E-state index in [1.807, 2.05) is 0 Å². The molecule has 0 saturated heterocycles. The number of ketones is 1. The number of benzene rings is 1. The van der Waals surface area contributed by atoms with E-state index < -0.39 is 5.82 Å². The third kappa shape index (κ3) is 2.45. The third-order valence-corrected chi connectivity index (χ3v) is 3.35. The number of Topliss-reactive ketones (excluding diaryl/α,β-unsaturated/α-hetero) is 1. The molecule has 0 saturated carbocycles. The summed E-state index contributed by atoms with van der Waals surface area (Å²) in [6.45, 7) is 2.11. The average molecular weight is 248 g/mol. The summed E-state index contributed by atoms with van der Waals surface area (Å²) < 4.78 is 13.4. The molecule has 0 aromatic heterocycles. The van der Waals surface area contributed by atoms with Crippen molar-refractivity contribution in [1.29, 1.82) is 0 Å². The second-order valence-electron chi connectivity index (χ2n) is 4.67. The molecule has 0 amide bonds. The maximum absolute atomic E-state index is 13.4. The van der Waals surface area contributed by atoms with E-state index in [0.717, 1.165) is 31.3 Å². The first-order chi connectivity index (χ1) is 8.63. The van der Waals surface area contributed by atoms with Gasteiger partial charge in [0.25, 0.3) is 0 Å². The number of carbonyl (C=O) groups excluding carboxylic acids is 1. The number of halogens is 1. The number of rotatable bonds is 4. The van der Waals surface area contributed by atoms with Crippen LogP contribution in [0.2, 0.25) is 0 Å². The lowest BCUT2D eigenvalue weighted by atomic mass is 9.98. The fourth-order valence-corrected chi connectivity index (χ4v) is 2.38. The van der Waals surface area contributed by atoms with Gasteiger partial charge in [-0.1, -0.05) is 25.0 Å². The van der Waals surface area contributed by atoms with Crippen molar-refractivity contribution < 1.29 is 14.3 Å². The first kappa shape index (κ1) is 12.8. The van der Waals surface area contributed by atoms with Crippen LogP contribution in [0.3, 0.4) is 0 Å². The van der Waals surface area contributed by atoms with Gasteiger partial charge < -0.3 is 5.11 Å². The lowest BCUT2D eigenvalue weighted by molar-refractivity contribution is -0.113. The summed E-state index contributed by atoms with van der Waals surface area (Å²) in [5.41, 5.74) is 2.40. The summed E-state index contributed by atoms with van der Waals surface area (Å²) in [6, 6.07) is 4.17. The number of carbonyl (C=O) groups is 1. The normalized spacial score (nSPS) is 15.6. The van der Waals surface area contributed by atoms with Crippen LogP contribution in [0.15, 0.2) is 23.8 Å². The topological polar surface area (TPSA) is 37.3 Å². The molecule has 2 nitrogen and oxygen atoms in total. The Labute approximate surface area is 106 Å². The smallest absolute Gasteiger partial charge is 0.165 e. The molecule has 18 heavy (non-hydrogen) atoms. The van der Waals surface area contributed by atoms with Gasteiger partial charge in [-0.2, -0.15) is 0 Å². The molecule has 0 bridgehead atoms. The number of phenols is 1. The third-order valence-electron chi connectivity index (χ3n) is 3.35. The van der Waals surface area contributed by atoms with Crippen LogP contribution in [0.4, 0.5) is 4.39 Å². The molecule has 96 valence electrons. The Hall–Kier alpha value is -1.64. The standard InChI is InChI=1S/C15H17FO2/c1-2-3-4-10-5-8-14(18)15(10)11-6-7-13(17)12(16)9-11/h6-7,9,17H,2-5,8H2,1H3. The van der Waals surface area contributed by atoms with Gasteiger partial charge in [0, 0.05) is 12.0 Å². The van der Waals surface area contributed by atoms with Crippen LogP contribution in [0.25, 0.3) is 5.57 Å². The largest absolute Gasteiger partial charge is 0.505 e. The maximum Gasteiger partial charge on any atom is 0.165 e. The fourth-order valence-electron chi connectivity index (χ4n) is 2.38. The highest BCUT2D eigenvalue weighted by atomic mass is 19.1. The molecule has 1 aliphatic rings. The van der Waals surface area contributed by atoms with Crippen LogP contribution in [0.1, 0.15) is 44.6 Å². The fraction of sp³-hybridized carbons (Fsp3) is 0.400. The second kappa shape index (κ2) is 5.34. The molecule has 0 heterocycles. The van der Waals surface area contributed by atoms with Gasteiger partial charge in [-0.3, -0.25) is 4.79 Å². The molecule has 0 radical (unpaired) electrons. The molecule has 0 fully saturated rings. The summed E-state index contributed by atoms with van der Waals surface area (Å²) in [4.78, 5) is 11.9. The van der Waals surface area contributed by atoms with E-state index in [-0.39, 0.29) is 11.5 Å². The number of aromatic hydroxyl groups is 1. The van der Waals surface area contributed by atoms with Crippen LogP contribution < -0.4 is 0 Å². The lowest BCUT2D eigenvalue weighted by Gasteiger charge is -2.07. The quantitative estimate of drug-likeness (QED) is 0.879. The summed E-state index contributed by atoms with van der Waals surface area (Å²) in [7, 11) is 0. The van der Waals surface area contributed by atoms with Crippen LogP contribution in [0, 0.1) is 5.82 Å². The predicted molar refractivity (Wildman–Crippen MR) is 68.8 cm³/mol. The minimum absolute atomic E-state index is 0.0891. The minimum atomic E-state index is -0.672. The maximum atomic E-state index is 13.4. The monoisotopic (exact) mass is 248 g/mol. The van der Waals surface area contributed by atoms with Gasteiger partial charge in [0.05, 0.1) is 0 Å². The van der Waals surface area contributed by atoms with Gasteiger partial charge in [0.15, 0.2) is 17.3 Å². The number of hydrogen-bond donors (Lipinski definition) is 1. The molecule has 1 aliphatic carbocycles. The molecule has 0 aliphatic heterocycles. The van der Waals surface area contributed by atoms with Crippen molar-refractivity contribution in [1.82, 2.24) is 0 Å². The highest BCUT2D eigenvalue weighted by molar-refractivity contribution is 6.23. The Bertz CT molecular complexity index is 503. The van der Waals surface area contributed by atoms with Crippen molar-refractivity contribution in [3.63, 3.8) is 0 Å². The van der Waals surface area contributed by atoms with E-state index >= 15 is 0 Å². The Morgan fingerprint density at radius 2 is 2.11 bits per heavy atom. The first-order valence-corrected chi connectivity index (χ1v) is 6.37. The molecule has 1 aromatic carbocycles. The number of unbranched alkanes of at least 4 members (excludes halogenated alkanes) is 1. The summed E-state index contributed by atoms with van der Waals surface area (Å²) >= 11 is 0. The Balaban J connectivity index is 2.37. The first-order valence-electron chi connectivity index (χ1n) is 6.37. The predicted octanol–water partition coefficient (Wildman–Crippen LogP) is 3.84. The Morgan fingerprint density at radius 3 is 2.78 bits per heavy atom. The van der Waals surface area contributed by atoms with E-state index in [1.54, 1.807) is 6.07 Å². The number of phenolic OH excluding ortho intramolecular Hbond substituents is 1. The minimum Gasteiger partial charge on any atom is -0.505 e. The van der Waals surface area contributed by atoms with Crippen molar-refractivity contribution in [2.75, 3.05) is 0 Å². The molecule has 0 unspecified atom stereocenters. The summed E-state index contributed by atoms with van der Waals surface area (Å²) in [6.07, 6.45) is 4.34. The Kier molecular flexibility index (Phi) is 3.80. The van der Waals surface area contributed by atoms with E-state index in [9.17, 15) is 14.3 Å². The van der Waals surface area contributed by atoms with Gasteiger partial charge in [-0.15, -0.1) is 0 Å². The molecule has 0 spiro atoms. The number of hydrogen-bond acceptors (Lipinski definition) is 2. The Morgan fingerprint density at radius 1 is 1.33 bits per heavy atom. The lowest BCUT2D eigenvalue weighted by Crippen LogP contribution is -1.97. The van der Waals surface area contributed by atoms with E-state index in [4.69, 9.17) is 0 Å². The van der Waals surface area contributed by atoms with Crippen molar-refractivity contribution in [3.05, 3.63) is 35.2 Å². The molecule has 3 heteroatoms. The zero-order valence-electron chi connectivity index (χ0n) is 10.5. The second-order valence-corrected chi connectivity index (χ2v) is 4.67. The van der Waals surface area contributed by atoms with Crippen molar-refractivity contribution in [2.24, 2.45) is 0 Å². The zero-order valence-corrected chi connectivity index (χ0v) is 10.5. The van der Waals surface area contributed by atoms with Gasteiger partial charge in [0.2, 0.25) is 0 Å². The van der Waals surface area contributed by atoms with Crippen molar-refractivity contribution in [2.45, 2.75) is 39.0 Å².